The van der Waals surface area contributed by atoms with E-state index < -0.39 is 12.0 Å². The van der Waals surface area contributed by atoms with Crippen molar-refractivity contribution in [3.05, 3.63) is 18.0 Å². The van der Waals surface area contributed by atoms with Crippen LogP contribution in [-0.4, -0.2) is 81.1 Å². The van der Waals surface area contributed by atoms with Crippen molar-refractivity contribution in [2.24, 2.45) is 5.92 Å². The molecule has 1 saturated heterocycles. The second-order valence-corrected chi connectivity index (χ2v) is 12.3. The Labute approximate surface area is 222 Å². The van der Waals surface area contributed by atoms with Gasteiger partial charge in [0.15, 0.2) is 0 Å². The van der Waals surface area contributed by atoms with Gasteiger partial charge in [-0.15, -0.1) is 0 Å². The van der Waals surface area contributed by atoms with Gasteiger partial charge in [0.1, 0.15) is 11.3 Å². The molecule has 0 aromatic carbocycles. The van der Waals surface area contributed by atoms with Gasteiger partial charge in [0.2, 0.25) is 5.95 Å². The van der Waals surface area contributed by atoms with Crippen LogP contribution in [0.5, 0.6) is 0 Å². The third-order valence-electron chi connectivity index (χ3n) is 9.96. The first kappa shape index (κ1) is 24.7. The van der Waals surface area contributed by atoms with E-state index >= 15 is 0 Å². The molecule has 3 saturated carbocycles. The van der Waals surface area contributed by atoms with E-state index in [2.05, 4.69) is 25.1 Å². The van der Waals surface area contributed by atoms with E-state index in [-0.39, 0.29) is 11.4 Å². The zero-order chi connectivity index (χ0) is 25.9. The number of carbonyl (C=O) groups excluding carboxylic acids is 1. The fourth-order valence-electron chi connectivity index (χ4n) is 7.57. The van der Waals surface area contributed by atoms with Crippen molar-refractivity contribution < 1.29 is 13.6 Å². The third kappa shape index (κ3) is 4.28. The zero-order valence-electron chi connectivity index (χ0n) is 22.1. The Morgan fingerprint density at radius 1 is 1.00 bits per heavy atom. The van der Waals surface area contributed by atoms with Gasteiger partial charge in [-0.1, -0.05) is 19.3 Å². The lowest BCUT2D eigenvalue weighted by Gasteiger charge is -2.44. The molecule has 2 aliphatic heterocycles. The van der Waals surface area contributed by atoms with Crippen LogP contribution < -0.4 is 10.6 Å². The van der Waals surface area contributed by atoms with Crippen LogP contribution in [0.2, 0.25) is 0 Å². The minimum absolute atomic E-state index is 0.0240. The molecule has 2 aromatic rings. The number of nitrogens with one attached hydrogen (secondary N) is 2. The third-order valence-corrected chi connectivity index (χ3v) is 9.96. The number of alkyl halides is 2. The highest BCUT2D eigenvalue weighted by Gasteiger charge is 2.51. The van der Waals surface area contributed by atoms with Crippen LogP contribution in [0.25, 0.3) is 11.0 Å². The molecule has 1 spiro atoms. The summed E-state index contributed by atoms with van der Waals surface area (Å²) in [5, 5.41) is 7.62. The number of hydrogen-bond donors (Lipinski definition) is 2. The van der Waals surface area contributed by atoms with Gasteiger partial charge in [-0.05, 0) is 57.4 Å². The van der Waals surface area contributed by atoms with E-state index in [4.69, 9.17) is 4.98 Å². The lowest BCUT2D eigenvalue weighted by Crippen LogP contribution is -2.56. The number of rotatable bonds is 5. The summed E-state index contributed by atoms with van der Waals surface area (Å²) in [4.78, 5) is 26.1. The Bertz CT molecular complexity index is 1190. The summed E-state index contributed by atoms with van der Waals surface area (Å²) in [6, 6.07) is 0.0894. The quantitative estimate of drug-likeness (QED) is 0.569. The number of fused-ring (bicyclic) bond motifs is 4. The van der Waals surface area contributed by atoms with Crippen molar-refractivity contribution in [1.82, 2.24) is 29.7 Å². The monoisotopic (exact) mass is 527 g/mol. The van der Waals surface area contributed by atoms with E-state index in [1.54, 1.807) is 0 Å². The highest BCUT2D eigenvalue weighted by Crippen LogP contribution is 2.45. The molecule has 10 heteroatoms. The molecule has 4 fully saturated rings. The molecule has 2 aromatic heterocycles. The van der Waals surface area contributed by atoms with Gasteiger partial charge < -0.3 is 15.2 Å². The summed E-state index contributed by atoms with van der Waals surface area (Å²) in [7, 11) is 0. The fourth-order valence-corrected chi connectivity index (χ4v) is 7.57. The Morgan fingerprint density at radius 2 is 1.74 bits per heavy atom. The molecule has 206 valence electrons. The van der Waals surface area contributed by atoms with Gasteiger partial charge in [-0.2, -0.15) is 13.8 Å². The van der Waals surface area contributed by atoms with Crippen molar-refractivity contribution in [1.29, 1.82) is 0 Å². The first-order valence-corrected chi connectivity index (χ1v) is 14.7. The number of aromatic nitrogens is 3. The Kier molecular flexibility index (Phi) is 6.11. The van der Waals surface area contributed by atoms with Crippen molar-refractivity contribution >= 4 is 22.9 Å². The van der Waals surface area contributed by atoms with Gasteiger partial charge in [-0.3, -0.25) is 9.69 Å². The van der Waals surface area contributed by atoms with Crippen molar-refractivity contribution in [2.45, 2.75) is 94.3 Å². The Hall–Kier alpha value is -2.33. The second-order valence-electron chi connectivity index (χ2n) is 12.3. The Balaban J connectivity index is 0.999. The smallest absolute Gasteiger partial charge is 0.307 e. The SMILES string of the molecule is O=C1NCC2(CCCCC2)n2c1cc1cnc(NC3CCC(N4CCN(C(F)(F)C5CC5)CC4)CC3)nc12. The molecule has 7 rings (SSSR count). The van der Waals surface area contributed by atoms with Gasteiger partial charge in [0.25, 0.3) is 5.91 Å². The van der Waals surface area contributed by atoms with Crippen molar-refractivity contribution in [2.75, 3.05) is 38.0 Å². The lowest BCUT2D eigenvalue weighted by molar-refractivity contribution is -0.176. The summed E-state index contributed by atoms with van der Waals surface area (Å²) < 4.78 is 31.2. The molecule has 2 N–H and O–H groups in total. The second kappa shape index (κ2) is 9.40. The van der Waals surface area contributed by atoms with Crippen LogP contribution in [0.3, 0.4) is 0 Å². The number of amides is 1. The molecule has 38 heavy (non-hydrogen) atoms. The molecule has 0 bridgehead atoms. The molecular weight excluding hydrogens is 488 g/mol. The molecule has 4 heterocycles. The summed E-state index contributed by atoms with van der Waals surface area (Å²) >= 11 is 0. The summed E-state index contributed by atoms with van der Waals surface area (Å²) in [6.45, 7) is 3.08. The number of hydrogen-bond acceptors (Lipinski definition) is 6. The summed E-state index contributed by atoms with van der Waals surface area (Å²) in [5.41, 5.74) is 1.48. The number of piperazine rings is 1. The van der Waals surface area contributed by atoms with Crippen molar-refractivity contribution in [3.8, 4) is 0 Å². The average Bonchev–Trinajstić information content (AvgIpc) is 3.73. The average molecular weight is 528 g/mol. The molecule has 3 aliphatic carbocycles. The Morgan fingerprint density at radius 3 is 2.45 bits per heavy atom. The van der Waals surface area contributed by atoms with E-state index in [1.807, 2.05) is 12.3 Å². The molecule has 8 nitrogen and oxygen atoms in total. The van der Waals surface area contributed by atoms with Crippen LogP contribution in [0.4, 0.5) is 14.7 Å². The van der Waals surface area contributed by atoms with Crippen LogP contribution in [-0.2, 0) is 5.54 Å². The number of nitrogens with zero attached hydrogens (tertiary/aromatic N) is 5. The summed E-state index contributed by atoms with van der Waals surface area (Å²) in [6.07, 6.45) is 13.1. The lowest BCUT2D eigenvalue weighted by atomic mass is 9.80. The number of anilines is 1. The van der Waals surface area contributed by atoms with E-state index in [9.17, 15) is 13.6 Å². The molecule has 0 atom stereocenters. The van der Waals surface area contributed by atoms with Crippen LogP contribution >= 0.6 is 0 Å². The normalized spacial score (nSPS) is 28.8. The first-order chi connectivity index (χ1) is 18.4. The molecule has 0 unspecified atom stereocenters. The highest BCUT2D eigenvalue weighted by molar-refractivity contribution is 5.99. The van der Waals surface area contributed by atoms with Gasteiger partial charge in [0.05, 0.1) is 5.54 Å². The fraction of sp³-hybridized carbons (Fsp3) is 0.750. The predicted octanol–water partition coefficient (Wildman–Crippen LogP) is 4.18. The van der Waals surface area contributed by atoms with Crippen LogP contribution in [0.15, 0.2) is 12.3 Å². The number of carbonyl (C=O) groups is 1. The van der Waals surface area contributed by atoms with Crippen LogP contribution in [0, 0.1) is 5.92 Å². The molecule has 1 amide bonds. The summed E-state index contributed by atoms with van der Waals surface area (Å²) in [5.74, 6) is 0.193. The highest BCUT2D eigenvalue weighted by atomic mass is 19.3. The van der Waals surface area contributed by atoms with E-state index in [0.29, 0.717) is 56.2 Å². The van der Waals surface area contributed by atoms with Gasteiger partial charge in [-0.25, -0.2) is 9.88 Å². The van der Waals surface area contributed by atoms with Gasteiger partial charge in [0, 0.05) is 62.3 Å². The van der Waals surface area contributed by atoms with Gasteiger partial charge >= 0.3 is 6.05 Å². The topological polar surface area (TPSA) is 78.3 Å². The maximum Gasteiger partial charge on any atom is 0.307 e. The van der Waals surface area contributed by atoms with Crippen LogP contribution in [0.1, 0.15) is 81.1 Å². The minimum Gasteiger partial charge on any atom is -0.351 e. The van der Waals surface area contributed by atoms with E-state index in [0.717, 1.165) is 62.6 Å². The standard InChI is InChI=1S/C28H39F2N7O/c29-28(30,20-4-5-20)36-14-12-35(13-15-36)22-8-6-21(7-9-22)33-26-31-17-19-16-23-25(38)32-18-27(10-2-1-3-11-27)37(23)24(19)34-26/h16-17,20-22H,1-15,18H2,(H,32,38)(H,31,33,34). The van der Waals surface area contributed by atoms with E-state index in [1.165, 1.54) is 24.2 Å². The first-order valence-electron chi connectivity index (χ1n) is 14.7. The number of halogens is 2. The minimum atomic E-state index is -2.62. The zero-order valence-corrected chi connectivity index (χ0v) is 22.1. The maximum absolute atomic E-state index is 14.5. The van der Waals surface area contributed by atoms with Crippen molar-refractivity contribution in [3.63, 3.8) is 0 Å². The molecule has 5 aliphatic rings. The largest absolute Gasteiger partial charge is 0.351 e. The maximum atomic E-state index is 14.5. The predicted molar refractivity (Wildman–Crippen MR) is 141 cm³/mol. The molecular formula is C28H39F2N7O. The molecule has 0 radical (unpaired) electrons.